The summed E-state index contributed by atoms with van der Waals surface area (Å²) in [7, 11) is 0. The summed E-state index contributed by atoms with van der Waals surface area (Å²) in [6.07, 6.45) is -0.476. The summed E-state index contributed by atoms with van der Waals surface area (Å²) in [5, 5.41) is 8.77. The van der Waals surface area contributed by atoms with Gasteiger partial charge in [0.15, 0.2) is 0 Å². The Morgan fingerprint density at radius 3 is 2.86 bits per heavy atom. The van der Waals surface area contributed by atoms with E-state index in [0.29, 0.717) is 0 Å². The number of aliphatic hydroxyl groups excluding tert-OH is 1. The molecule has 0 fully saturated rings. The van der Waals surface area contributed by atoms with E-state index in [4.69, 9.17) is 15.7 Å². The largest absolute Gasteiger partial charge is 0.491 e. The zero-order valence-corrected chi connectivity index (χ0v) is 8.14. The lowest BCUT2D eigenvalue weighted by Gasteiger charge is -2.12. The van der Waals surface area contributed by atoms with E-state index in [2.05, 4.69) is 4.84 Å². The van der Waals surface area contributed by atoms with Gasteiger partial charge in [0.2, 0.25) is 0 Å². The van der Waals surface area contributed by atoms with Crippen LogP contribution in [0.4, 0.5) is 0 Å². The van der Waals surface area contributed by atoms with Gasteiger partial charge in [-0.1, -0.05) is 12.1 Å². The van der Waals surface area contributed by atoms with Crippen molar-refractivity contribution < 1.29 is 14.7 Å². The highest BCUT2D eigenvalue weighted by Crippen LogP contribution is 2.12. The Balaban J connectivity index is 2.44. The Kier molecular flexibility index (Phi) is 4.39. The minimum atomic E-state index is -0.476. The molecule has 0 spiro atoms. The van der Waals surface area contributed by atoms with Gasteiger partial charge in [0.25, 0.3) is 0 Å². The van der Waals surface area contributed by atoms with Gasteiger partial charge in [0.1, 0.15) is 18.5 Å². The van der Waals surface area contributed by atoms with Crippen LogP contribution in [0.2, 0.25) is 0 Å². The molecule has 14 heavy (non-hydrogen) atoms. The molecule has 78 valence electrons. The fraction of sp³-hybridized carbons (Fsp3) is 0.400. The van der Waals surface area contributed by atoms with Crippen LogP contribution in [-0.2, 0) is 4.84 Å². The van der Waals surface area contributed by atoms with E-state index in [-0.39, 0.29) is 13.2 Å². The zero-order valence-electron chi connectivity index (χ0n) is 8.14. The van der Waals surface area contributed by atoms with Crippen molar-refractivity contribution in [1.82, 2.24) is 0 Å². The molecule has 3 N–H and O–H groups in total. The van der Waals surface area contributed by atoms with Gasteiger partial charge >= 0.3 is 0 Å². The summed E-state index contributed by atoms with van der Waals surface area (Å²) in [5.74, 6) is 5.69. The molecule has 0 aliphatic carbocycles. The van der Waals surface area contributed by atoms with Crippen molar-refractivity contribution in [3.05, 3.63) is 29.8 Å². The van der Waals surface area contributed by atoms with Crippen LogP contribution in [0.15, 0.2) is 24.3 Å². The van der Waals surface area contributed by atoms with E-state index in [1.54, 1.807) is 0 Å². The lowest BCUT2D eigenvalue weighted by Crippen LogP contribution is -2.28. The van der Waals surface area contributed by atoms with E-state index in [0.717, 1.165) is 11.3 Å². The number of hydrogen-bond donors (Lipinski definition) is 2. The van der Waals surface area contributed by atoms with Crippen molar-refractivity contribution >= 4 is 0 Å². The molecule has 4 heteroatoms. The molecule has 0 aliphatic heterocycles. The van der Waals surface area contributed by atoms with Gasteiger partial charge in [0, 0.05) is 0 Å². The highest BCUT2D eigenvalue weighted by molar-refractivity contribution is 5.27. The van der Waals surface area contributed by atoms with Crippen LogP contribution in [0.5, 0.6) is 5.75 Å². The lowest BCUT2D eigenvalue weighted by molar-refractivity contribution is -0.0147. The third-order valence-electron chi connectivity index (χ3n) is 1.82. The predicted molar refractivity (Wildman–Crippen MR) is 52.8 cm³/mol. The maximum Gasteiger partial charge on any atom is 0.136 e. The molecule has 1 aromatic carbocycles. The van der Waals surface area contributed by atoms with Gasteiger partial charge in [-0.25, -0.2) is 5.90 Å². The maximum atomic E-state index is 8.77. The summed E-state index contributed by atoms with van der Waals surface area (Å²) in [4.78, 5) is 4.48. The Bertz CT molecular complexity index is 274. The fourth-order valence-electron chi connectivity index (χ4n) is 1.03. The third-order valence-corrected chi connectivity index (χ3v) is 1.82. The number of ether oxygens (including phenoxy) is 1. The monoisotopic (exact) mass is 197 g/mol. The predicted octanol–water partition coefficient (Wildman–Crippen LogP) is 0.625. The normalized spacial score (nSPS) is 12.5. The summed E-state index contributed by atoms with van der Waals surface area (Å²) in [5.41, 5.74) is 1.12. The fourth-order valence-corrected chi connectivity index (χ4v) is 1.03. The molecule has 1 aromatic rings. The second-order valence-corrected chi connectivity index (χ2v) is 3.07. The standard InChI is InChI=1S/C10H15NO3/c1-8-3-2-4-9(5-8)13-7-10(6-12)14-11/h2-5,10,12H,6-7,11H2,1H3. The Hall–Kier alpha value is -1.10. The summed E-state index contributed by atoms with van der Waals surface area (Å²) >= 11 is 0. The molecule has 0 radical (unpaired) electrons. The van der Waals surface area contributed by atoms with E-state index < -0.39 is 6.10 Å². The summed E-state index contributed by atoms with van der Waals surface area (Å²) < 4.78 is 5.37. The first-order valence-electron chi connectivity index (χ1n) is 4.42. The van der Waals surface area contributed by atoms with Crippen molar-refractivity contribution in [3.63, 3.8) is 0 Å². The maximum absolute atomic E-state index is 8.77. The van der Waals surface area contributed by atoms with Crippen molar-refractivity contribution in [1.29, 1.82) is 0 Å². The Labute approximate surface area is 83.2 Å². The van der Waals surface area contributed by atoms with Crippen LogP contribution in [0.3, 0.4) is 0 Å². The molecule has 1 rings (SSSR count). The molecule has 0 amide bonds. The molecule has 1 atom stereocenters. The number of benzene rings is 1. The number of rotatable bonds is 5. The molecule has 0 bridgehead atoms. The van der Waals surface area contributed by atoms with Gasteiger partial charge in [-0.3, -0.25) is 4.84 Å². The van der Waals surface area contributed by atoms with Crippen molar-refractivity contribution in [2.75, 3.05) is 13.2 Å². The third kappa shape index (κ3) is 3.33. The first-order chi connectivity index (χ1) is 6.76. The van der Waals surface area contributed by atoms with Gasteiger partial charge in [-0.2, -0.15) is 0 Å². The molecule has 0 saturated carbocycles. The highest BCUT2D eigenvalue weighted by atomic mass is 16.6. The minimum absolute atomic E-state index is 0.150. The second-order valence-electron chi connectivity index (χ2n) is 3.07. The van der Waals surface area contributed by atoms with Crippen LogP contribution < -0.4 is 10.6 Å². The van der Waals surface area contributed by atoms with Crippen molar-refractivity contribution in [2.45, 2.75) is 13.0 Å². The smallest absolute Gasteiger partial charge is 0.136 e. The first kappa shape index (κ1) is 11.0. The van der Waals surface area contributed by atoms with Crippen molar-refractivity contribution in [2.24, 2.45) is 5.90 Å². The Morgan fingerprint density at radius 2 is 2.29 bits per heavy atom. The van der Waals surface area contributed by atoms with Crippen LogP contribution in [0.1, 0.15) is 5.56 Å². The molecule has 4 nitrogen and oxygen atoms in total. The average molecular weight is 197 g/mol. The van der Waals surface area contributed by atoms with Gasteiger partial charge in [-0.15, -0.1) is 0 Å². The lowest BCUT2D eigenvalue weighted by atomic mass is 10.2. The molecular weight excluding hydrogens is 182 g/mol. The number of nitrogens with two attached hydrogens (primary N) is 1. The molecular formula is C10H15NO3. The molecule has 1 unspecified atom stereocenters. The quantitative estimate of drug-likeness (QED) is 0.679. The van der Waals surface area contributed by atoms with Crippen LogP contribution in [-0.4, -0.2) is 24.4 Å². The minimum Gasteiger partial charge on any atom is -0.491 e. The highest BCUT2D eigenvalue weighted by Gasteiger charge is 2.06. The van der Waals surface area contributed by atoms with Crippen molar-refractivity contribution in [3.8, 4) is 5.75 Å². The van der Waals surface area contributed by atoms with Crippen LogP contribution >= 0.6 is 0 Å². The van der Waals surface area contributed by atoms with E-state index >= 15 is 0 Å². The van der Waals surface area contributed by atoms with E-state index in [9.17, 15) is 0 Å². The summed E-state index contributed by atoms with van der Waals surface area (Å²) in [6, 6.07) is 7.64. The average Bonchev–Trinajstić information content (AvgIpc) is 2.19. The van der Waals surface area contributed by atoms with E-state index in [1.165, 1.54) is 0 Å². The zero-order chi connectivity index (χ0) is 10.4. The first-order valence-corrected chi connectivity index (χ1v) is 4.42. The van der Waals surface area contributed by atoms with Gasteiger partial charge in [0.05, 0.1) is 6.61 Å². The molecule has 0 saturated heterocycles. The number of hydrogen-bond acceptors (Lipinski definition) is 4. The van der Waals surface area contributed by atoms with E-state index in [1.807, 2.05) is 31.2 Å². The molecule has 0 heterocycles. The molecule has 0 aromatic heterocycles. The van der Waals surface area contributed by atoms with Gasteiger partial charge in [-0.05, 0) is 24.6 Å². The number of aliphatic hydroxyl groups is 1. The molecule has 0 aliphatic rings. The number of aryl methyl sites for hydroxylation is 1. The second kappa shape index (κ2) is 5.59. The Morgan fingerprint density at radius 1 is 1.50 bits per heavy atom. The van der Waals surface area contributed by atoms with Gasteiger partial charge < -0.3 is 9.84 Å². The summed E-state index contributed by atoms with van der Waals surface area (Å²) in [6.45, 7) is 2.08. The van der Waals surface area contributed by atoms with Crippen LogP contribution in [0, 0.1) is 6.92 Å². The SMILES string of the molecule is Cc1cccc(OCC(CO)ON)c1. The topological polar surface area (TPSA) is 64.7 Å². The van der Waals surface area contributed by atoms with Crippen LogP contribution in [0.25, 0.3) is 0 Å².